The molecule has 8 heteroatoms. The molecule has 1 atom stereocenters. The van der Waals surface area contributed by atoms with Gasteiger partial charge in [0.05, 0.1) is 5.69 Å². The normalized spacial score (nSPS) is 14.1. The number of benzene rings is 2. The van der Waals surface area contributed by atoms with Gasteiger partial charge in [-0.3, -0.25) is 0 Å². The first-order valence-electron chi connectivity index (χ1n) is 7.00. The summed E-state index contributed by atoms with van der Waals surface area (Å²) in [6, 6.07) is 12.1. The van der Waals surface area contributed by atoms with Crippen LogP contribution < -0.4 is 10.5 Å². The summed E-state index contributed by atoms with van der Waals surface area (Å²) in [6.07, 6.45) is 0. The number of alkyl halides is 2. The van der Waals surface area contributed by atoms with Crippen LogP contribution in [0.1, 0.15) is 5.56 Å². The molecule has 2 N–H and O–H groups in total. The van der Waals surface area contributed by atoms with Crippen molar-refractivity contribution >= 4 is 15.8 Å². The van der Waals surface area contributed by atoms with Crippen LogP contribution in [0.2, 0.25) is 0 Å². The molecule has 0 heterocycles. The van der Waals surface area contributed by atoms with E-state index in [9.17, 15) is 17.2 Å². The molecule has 0 aliphatic heterocycles. The molecule has 0 aliphatic carbocycles. The van der Waals surface area contributed by atoms with E-state index in [4.69, 9.17) is 10.5 Å². The first-order valence-corrected chi connectivity index (χ1v) is 8.41. The van der Waals surface area contributed by atoms with E-state index in [1.165, 1.54) is 30.3 Å². The molecule has 2 aromatic rings. The molecule has 2 aromatic carbocycles. The van der Waals surface area contributed by atoms with Gasteiger partial charge in [0.25, 0.3) is 5.85 Å². The molecule has 0 fully saturated rings. The molecular weight excluding hydrogens is 340 g/mol. The zero-order chi connectivity index (χ0) is 17.8. The molecule has 0 bridgehead atoms. The van der Waals surface area contributed by atoms with Gasteiger partial charge in [-0.25, -0.2) is 13.0 Å². The molecule has 0 spiro atoms. The SMILES string of the molecule is Cc1ccc(S(=O)(=O)OC(F)(CF)COc2ccccc2)c(N)c1. The Balaban J connectivity index is 2.18. The van der Waals surface area contributed by atoms with Crippen molar-refractivity contribution in [3.05, 3.63) is 54.1 Å². The van der Waals surface area contributed by atoms with Gasteiger partial charge in [-0.05, 0) is 36.8 Å². The number of halogens is 2. The lowest BCUT2D eigenvalue weighted by Gasteiger charge is -2.22. The van der Waals surface area contributed by atoms with Crippen LogP contribution in [0.4, 0.5) is 14.5 Å². The lowest BCUT2D eigenvalue weighted by atomic mass is 10.2. The van der Waals surface area contributed by atoms with Crippen molar-refractivity contribution in [2.24, 2.45) is 0 Å². The Morgan fingerprint density at radius 2 is 1.83 bits per heavy atom. The molecule has 5 nitrogen and oxygen atoms in total. The van der Waals surface area contributed by atoms with Crippen LogP contribution in [0, 0.1) is 6.92 Å². The Kier molecular flexibility index (Phi) is 5.40. The summed E-state index contributed by atoms with van der Waals surface area (Å²) in [5, 5.41) is 0. The van der Waals surface area contributed by atoms with E-state index in [0.29, 0.717) is 0 Å². The van der Waals surface area contributed by atoms with Gasteiger partial charge >= 0.3 is 10.1 Å². The second-order valence-corrected chi connectivity index (χ2v) is 6.71. The summed E-state index contributed by atoms with van der Waals surface area (Å²) in [5.74, 6) is -2.91. The topological polar surface area (TPSA) is 78.6 Å². The highest BCUT2D eigenvalue weighted by Gasteiger charge is 2.39. The van der Waals surface area contributed by atoms with Crippen LogP contribution in [-0.2, 0) is 14.3 Å². The van der Waals surface area contributed by atoms with Gasteiger partial charge < -0.3 is 10.5 Å². The molecule has 2 rings (SSSR count). The van der Waals surface area contributed by atoms with Crippen molar-refractivity contribution in [1.82, 2.24) is 0 Å². The quantitative estimate of drug-likeness (QED) is 0.609. The number of nitrogen functional groups attached to an aromatic ring is 1. The monoisotopic (exact) mass is 357 g/mol. The Bertz CT molecular complexity index is 799. The predicted molar refractivity (Wildman–Crippen MR) is 85.6 cm³/mol. The Labute approximate surface area is 139 Å². The first-order chi connectivity index (χ1) is 11.3. The molecule has 0 saturated heterocycles. The number of hydrogen-bond acceptors (Lipinski definition) is 5. The fraction of sp³-hybridized carbons (Fsp3) is 0.250. The Hall–Kier alpha value is -2.19. The number of para-hydroxylation sites is 1. The van der Waals surface area contributed by atoms with Gasteiger partial charge in [-0.15, -0.1) is 0 Å². The van der Waals surface area contributed by atoms with Crippen LogP contribution in [0.25, 0.3) is 0 Å². The number of aryl methyl sites for hydroxylation is 1. The molecule has 0 amide bonds. The van der Waals surface area contributed by atoms with Crippen LogP contribution >= 0.6 is 0 Å². The van der Waals surface area contributed by atoms with Crippen molar-refractivity contribution < 1.29 is 26.1 Å². The fourth-order valence-electron chi connectivity index (χ4n) is 1.93. The third-order valence-electron chi connectivity index (χ3n) is 3.09. The molecule has 130 valence electrons. The Morgan fingerprint density at radius 3 is 2.42 bits per heavy atom. The van der Waals surface area contributed by atoms with Crippen LogP contribution in [0.15, 0.2) is 53.4 Å². The molecule has 0 aliphatic rings. The minimum absolute atomic E-state index is 0.111. The minimum atomic E-state index is -4.60. The second kappa shape index (κ2) is 7.14. The largest absolute Gasteiger partial charge is 0.487 e. The van der Waals surface area contributed by atoms with Crippen LogP contribution in [0.3, 0.4) is 0 Å². The molecule has 1 unspecified atom stereocenters. The summed E-state index contributed by atoms with van der Waals surface area (Å²) in [6.45, 7) is -0.925. The van der Waals surface area contributed by atoms with E-state index < -0.39 is 34.1 Å². The summed E-state index contributed by atoms with van der Waals surface area (Å²) in [5.41, 5.74) is 6.23. The smallest absolute Gasteiger partial charge is 0.302 e. The van der Waals surface area contributed by atoms with Crippen molar-refractivity contribution in [2.45, 2.75) is 17.7 Å². The minimum Gasteiger partial charge on any atom is -0.487 e. The number of anilines is 1. The van der Waals surface area contributed by atoms with Gasteiger partial charge in [0.1, 0.15) is 10.6 Å². The van der Waals surface area contributed by atoms with E-state index in [2.05, 4.69) is 4.18 Å². The molecular formula is C16H17F2NO4S. The Morgan fingerprint density at radius 1 is 1.17 bits per heavy atom. The maximum absolute atomic E-state index is 14.5. The summed E-state index contributed by atoms with van der Waals surface area (Å²) in [7, 11) is -4.60. The lowest BCUT2D eigenvalue weighted by molar-refractivity contribution is -0.103. The van der Waals surface area contributed by atoms with Gasteiger partial charge in [0.15, 0.2) is 13.3 Å². The van der Waals surface area contributed by atoms with Gasteiger partial charge in [-0.1, -0.05) is 24.3 Å². The van der Waals surface area contributed by atoms with E-state index in [1.54, 1.807) is 25.1 Å². The van der Waals surface area contributed by atoms with Crippen molar-refractivity contribution in [3.63, 3.8) is 0 Å². The average molecular weight is 357 g/mol. The third kappa shape index (κ3) is 4.42. The van der Waals surface area contributed by atoms with E-state index >= 15 is 0 Å². The zero-order valence-corrected chi connectivity index (χ0v) is 13.7. The maximum Gasteiger partial charge on any atom is 0.302 e. The standard InChI is InChI=1S/C16H17F2NO4S/c1-12-7-8-15(14(19)9-12)24(20,21)23-16(18,10-17)11-22-13-5-3-2-4-6-13/h2-9H,10-11,19H2,1H3. The first kappa shape index (κ1) is 18.2. The van der Waals surface area contributed by atoms with Crippen LogP contribution in [-0.4, -0.2) is 27.6 Å². The fourth-order valence-corrected chi connectivity index (χ4v) is 3.09. The van der Waals surface area contributed by atoms with Gasteiger partial charge in [0, 0.05) is 0 Å². The van der Waals surface area contributed by atoms with Crippen LogP contribution in [0.5, 0.6) is 5.75 Å². The summed E-state index contributed by atoms with van der Waals surface area (Å²) >= 11 is 0. The highest BCUT2D eigenvalue weighted by molar-refractivity contribution is 7.87. The number of hydrogen-bond donors (Lipinski definition) is 1. The van der Waals surface area contributed by atoms with Crippen molar-refractivity contribution in [3.8, 4) is 5.75 Å². The van der Waals surface area contributed by atoms with Crippen molar-refractivity contribution in [2.75, 3.05) is 19.0 Å². The lowest BCUT2D eigenvalue weighted by Crippen LogP contribution is -2.39. The second-order valence-electron chi connectivity index (χ2n) is 5.20. The number of ether oxygens (including phenoxy) is 1. The number of nitrogens with two attached hydrogens (primary N) is 1. The highest BCUT2D eigenvalue weighted by atomic mass is 32.2. The highest BCUT2D eigenvalue weighted by Crippen LogP contribution is 2.27. The average Bonchev–Trinajstić information content (AvgIpc) is 2.53. The zero-order valence-electron chi connectivity index (χ0n) is 12.9. The summed E-state index contributed by atoms with van der Waals surface area (Å²) < 4.78 is 61.4. The predicted octanol–water partition coefficient (Wildman–Crippen LogP) is 3.00. The van der Waals surface area contributed by atoms with E-state index in [1.807, 2.05) is 0 Å². The molecule has 0 saturated carbocycles. The maximum atomic E-state index is 14.5. The molecule has 0 aromatic heterocycles. The molecule has 24 heavy (non-hydrogen) atoms. The van der Waals surface area contributed by atoms with Gasteiger partial charge in [0.2, 0.25) is 0 Å². The number of rotatable bonds is 7. The van der Waals surface area contributed by atoms with Gasteiger partial charge in [-0.2, -0.15) is 8.42 Å². The van der Waals surface area contributed by atoms with E-state index in [0.717, 1.165) is 5.56 Å². The molecule has 0 radical (unpaired) electrons. The van der Waals surface area contributed by atoms with E-state index in [-0.39, 0.29) is 11.4 Å². The summed E-state index contributed by atoms with van der Waals surface area (Å²) in [4.78, 5) is -0.428. The third-order valence-corrected chi connectivity index (χ3v) is 4.52. The van der Waals surface area contributed by atoms with Crippen molar-refractivity contribution in [1.29, 1.82) is 0 Å².